The molecule has 4 rings (SSSR count). The van der Waals surface area contributed by atoms with E-state index in [9.17, 15) is 14.4 Å². The van der Waals surface area contributed by atoms with Gasteiger partial charge in [-0.3, -0.25) is 28.3 Å². The molecule has 12 heteroatoms. The first-order chi connectivity index (χ1) is 15.3. The fourth-order valence-corrected chi connectivity index (χ4v) is 4.09. The maximum absolute atomic E-state index is 13.0. The number of rotatable bonds is 6. The number of fused-ring (bicyclic) bond motifs is 1. The highest BCUT2D eigenvalue weighted by atomic mass is 16.2. The van der Waals surface area contributed by atoms with Gasteiger partial charge in [-0.2, -0.15) is 5.10 Å². The third kappa shape index (κ3) is 3.66. The highest BCUT2D eigenvalue weighted by Gasteiger charge is 2.26. The lowest BCUT2D eigenvalue weighted by Crippen LogP contribution is -2.49. The standard InChI is InChI=1S/C20H27N9O3/c1-4-5-29-16(21)15(19(31)25(2)20(29)32)14(30)11-27-6-8-28(9-7-27)18-13-10-24-26(3)17(13)22-12-23-18/h10,12H,4-9,11,21H2,1-3H3. The van der Waals surface area contributed by atoms with Crippen molar-refractivity contribution in [1.29, 1.82) is 0 Å². The molecule has 0 atom stereocenters. The van der Waals surface area contributed by atoms with Gasteiger partial charge >= 0.3 is 5.69 Å². The van der Waals surface area contributed by atoms with Gasteiger partial charge in [0.15, 0.2) is 11.4 Å². The summed E-state index contributed by atoms with van der Waals surface area (Å²) in [5.41, 5.74) is 5.57. The molecule has 1 aliphatic rings. The summed E-state index contributed by atoms with van der Waals surface area (Å²) in [7, 11) is 3.20. The number of hydrogen-bond acceptors (Lipinski definition) is 9. The summed E-state index contributed by atoms with van der Waals surface area (Å²) in [5.74, 6) is 0.389. The summed E-state index contributed by atoms with van der Waals surface area (Å²) in [6, 6.07) is 0. The Hall–Kier alpha value is -3.54. The molecule has 1 saturated heterocycles. The molecule has 0 bridgehead atoms. The summed E-state index contributed by atoms with van der Waals surface area (Å²) in [6.07, 6.45) is 3.94. The molecule has 2 N–H and O–H groups in total. The third-order valence-corrected chi connectivity index (χ3v) is 5.86. The minimum absolute atomic E-state index is 0.0523. The molecule has 12 nitrogen and oxygen atoms in total. The van der Waals surface area contributed by atoms with Crippen LogP contribution < -0.4 is 21.9 Å². The van der Waals surface area contributed by atoms with Crippen molar-refractivity contribution in [1.82, 2.24) is 33.8 Å². The number of aromatic nitrogens is 6. The molecular weight excluding hydrogens is 414 g/mol. The zero-order chi connectivity index (χ0) is 23.0. The molecule has 0 saturated carbocycles. The molecule has 0 aromatic carbocycles. The molecular formula is C20H27N9O3. The van der Waals surface area contributed by atoms with Crippen LogP contribution in [0.3, 0.4) is 0 Å². The van der Waals surface area contributed by atoms with Crippen LogP contribution in [0.15, 0.2) is 22.1 Å². The van der Waals surface area contributed by atoms with Gasteiger partial charge in [0.05, 0.1) is 18.1 Å². The zero-order valence-corrected chi connectivity index (χ0v) is 18.5. The maximum atomic E-state index is 13.0. The lowest BCUT2D eigenvalue weighted by Gasteiger charge is -2.35. The Morgan fingerprint density at radius 1 is 1.12 bits per heavy atom. The van der Waals surface area contributed by atoms with Crippen molar-refractivity contribution in [3.63, 3.8) is 0 Å². The average molecular weight is 441 g/mol. The maximum Gasteiger partial charge on any atom is 0.332 e. The smallest absolute Gasteiger partial charge is 0.332 e. The Bertz CT molecular complexity index is 1280. The number of Topliss-reactive ketones (excluding diaryl/α,β-unsaturated/α-hetero) is 1. The normalized spacial score (nSPS) is 14.9. The fraction of sp³-hybridized carbons (Fsp3) is 0.500. The highest BCUT2D eigenvalue weighted by molar-refractivity contribution is 6.01. The van der Waals surface area contributed by atoms with Gasteiger partial charge in [0.2, 0.25) is 0 Å². The zero-order valence-electron chi connectivity index (χ0n) is 18.5. The van der Waals surface area contributed by atoms with Crippen LogP contribution in [0.5, 0.6) is 0 Å². The van der Waals surface area contributed by atoms with Crippen molar-refractivity contribution in [2.24, 2.45) is 14.1 Å². The molecule has 4 heterocycles. The van der Waals surface area contributed by atoms with Crippen LogP contribution in [0, 0.1) is 0 Å². The van der Waals surface area contributed by atoms with Crippen molar-refractivity contribution < 1.29 is 4.79 Å². The van der Waals surface area contributed by atoms with Gasteiger partial charge in [0, 0.05) is 46.8 Å². The van der Waals surface area contributed by atoms with Gasteiger partial charge < -0.3 is 10.6 Å². The molecule has 3 aromatic heterocycles. The first-order valence-corrected chi connectivity index (χ1v) is 10.6. The van der Waals surface area contributed by atoms with E-state index >= 15 is 0 Å². The van der Waals surface area contributed by atoms with Crippen molar-refractivity contribution in [2.75, 3.05) is 43.4 Å². The van der Waals surface area contributed by atoms with Gasteiger partial charge in [0.1, 0.15) is 23.5 Å². The van der Waals surface area contributed by atoms with E-state index < -0.39 is 11.2 Å². The number of nitrogens with two attached hydrogens (primary N) is 1. The molecule has 0 unspecified atom stereocenters. The van der Waals surface area contributed by atoms with Crippen LogP contribution in [0.2, 0.25) is 0 Å². The minimum atomic E-state index is -0.650. The second-order valence-electron chi connectivity index (χ2n) is 7.95. The quantitative estimate of drug-likeness (QED) is 0.488. The van der Waals surface area contributed by atoms with Crippen molar-refractivity contribution >= 4 is 28.5 Å². The van der Waals surface area contributed by atoms with E-state index in [0.29, 0.717) is 39.1 Å². The Kier molecular flexibility index (Phi) is 5.78. The average Bonchev–Trinajstić information content (AvgIpc) is 3.17. The van der Waals surface area contributed by atoms with Crippen molar-refractivity contribution in [2.45, 2.75) is 19.9 Å². The van der Waals surface area contributed by atoms with Crippen LogP contribution in [-0.4, -0.2) is 72.3 Å². The molecule has 0 amide bonds. The first-order valence-electron chi connectivity index (χ1n) is 10.6. The van der Waals surface area contributed by atoms with Gasteiger partial charge in [-0.1, -0.05) is 6.92 Å². The number of ketones is 1. The predicted octanol–water partition coefficient (Wildman–Crippen LogP) is -0.779. The number of nitrogens with zero attached hydrogens (tertiary/aromatic N) is 8. The number of aryl methyl sites for hydroxylation is 1. The Labute approximate surface area is 183 Å². The molecule has 3 aromatic rings. The first kappa shape index (κ1) is 21.7. The number of carbonyl (C=O) groups is 1. The van der Waals surface area contributed by atoms with Crippen molar-refractivity contribution in [3.8, 4) is 0 Å². The van der Waals surface area contributed by atoms with Gasteiger partial charge in [-0.05, 0) is 6.42 Å². The van der Waals surface area contributed by atoms with Crippen LogP contribution >= 0.6 is 0 Å². The molecule has 170 valence electrons. The topological polar surface area (TPSA) is 137 Å². The van der Waals surface area contributed by atoms with Gasteiger partial charge in [-0.15, -0.1) is 0 Å². The second kappa shape index (κ2) is 8.54. The van der Waals surface area contributed by atoms with Gasteiger partial charge in [0.25, 0.3) is 5.56 Å². The summed E-state index contributed by atoms with van der Waals surface area (Å²) >= 11 is 0. The van der Waals surface area contributed by atoms with E-state index in [1.165, 1.54) is 17.9 Å². The van der Waals surface area contributed by atoms with E-state index in [2.05, 4.69) is 20.0 Å². The highest BCUT2D eigenvalue weighted by Crippen LogP contribution is 2.23. The number of hydrogen-bond donors (Lipinski definition) is 1. The lowest BCUT2D eigenvalue weighted by atomic mass is 10.1. The van der Waals surface area contributed by atoms with Crippen LogP contribution in [-0.2, 0) is 20.6 Å². The molecule has 0 radical (unpaired) electrons. The van der Waals surface area contributed by atoms with E-state index in [1.54, 1.807) is 10.9 Å². The fourth-order valence-electron chi connectivity index (χ4n) is 4.09. The van der Waals surface area contributed by atoms with E-state index in [0.717, 1.165) is 21.4 Å². The third-order valence-electron chi connectivity index (χ3n) is 5.86. The molecule has 0 aliphatic carbocycles. The summed E-state index contributed by atoms with van der Waals surface area (Å²) in [4.78, 5) is 50.8. The Balaban J connectivity index is 1.50. The van der Waals surface area contributed by atoms with E-state index in [4.69, 9.17) is 5.73 Å². The summed E-state index contributed by atoms with van der Waals surface area (Å²) < 4.78 is 3.95. The molecule has 1 fully saturated rings. The number of carbonyl (C=O) groups excluding carboxylic acids is 1. The Morgan fingerprint density at radius 3 is 2.53 bits per heavy atom. The predicted molar refractivity (Wildman–Crippen MR) is 120 cm³/mol. The number of nitrogen functional groups attached to an aromatic ring is 1. The minimum Gasteiger partial charge on any atom is -0.384 e. The Morgan fingerprint density at radius 2 is 1.84 bits per heavy atom. The second-order valence-corrected chi connectivity index (χ2v) is 7.95. The van der Waals surface area contributed by atoms with Crippen molar-refractivity contribution in [3.05, 3.63) is 38.9 Å². The van der Waals surface area contributed by atoms with E-state index in [1.807, 2.05) is 18.9 Å². The summed E-state index contributed by atoms with van der Waals surface area (Å²) in [5, 5.41) is 5.14. The number of piperazine rings is 1. The number of anilines is 2. The largest absolute Gasteiger partial charge is 0.384 e. The molecule has 1 aliphatic heterocycles. The summed E-state index contributed by atoms with van der Waals surface area (Å²) in [6.45, 7) is 4.87. The molecule has 32 heavy (non-hydrogen) atoms. The lowest BCUT2D eigenvalue weighted by molar-refractivity contribution is 0.0924. The van der Waals surface area contributed by atoms with Crippen LogP contribution in [0.4, 0.5) is 11.6 Å². The van der Waals surface area contributed by atoms with Crippen LogP contribution in [0.25, 0.3) is 11.0 Å². The SMILES string of the molecule is CCCn1c(N)c(C(=O)CN2CCN(c3ncnc4c3cnn4C)CC2)c(=O)n(C)c1=O. The molecule has 0 spiro atoms. The monoisotopic (exact) mass is 441 g/mol. The van der Waals surface area contributed by atoms with Gasteiger partial charge in [-0.25, -0.2) is 14.8 Å². The van der Waals surface area contributed by atoms with E-state index in [-0.39, 0.29) is 23.7 Å². The van der Waals surface area contributed by atoms with Crippen LogP contribution in [0.1, 0.15) is 23.7 Å².